The normalized spacial score (nSPS) is 15.9. The highest BCUT2D eigenvalue weighted by molar-refractivity contribution is 5.90. The van der Waals surface area contributed by atoms with Crippen LogP contribution in [0.25, 0.3) is 66.4 Å². The summed E-state index contributed by atoms with van der Waals surface area (Å²) in [5, 5.41) is 2.09. The molecule has 0 atom stereocenters. The van der Waals surface area contributed by atoms with Crippen molar-refractivity contribution in [3.63, 3.8) is 0 Å². The van der Waals surface area contributed by atoms with Gasteiger partial charge < -0.3 is 4.90 Å². The Labute approximate surface area is 348 Å². The minimum Gasteiger partial charge on any atom is -0.311 e. The number of rotatable bonds is 7. The van der Waals surface area contributed by atoms with Gasteiger partial charge in [-0.2, -0.15) is 0 Å². The maximum absolute atomic E-state index is 9.62. The van der Waals surface area contributed by atoms with Gasteiger partial charge in [-0.25, -0.2) is 0 Å². The molecule has 0 spiro atoms. The lowest BCUT2D eigenvalue weighted by molar-refractivity contribution is 0.662. The van der Waals surface area contributed by atoms with Gasteiger partial charge in [0.1, 0.15) is 0 Å². The quantitative estimate of drug-likeness (QED) is 0.158. The average molecular weight is 729 g/mol. The summed E-state index contributed by atoms with van der Waals surface area (Å²) in [6.07, 6.45) is 0. The minimum atomic E-state index is -0.731. The van der Waals surface area contributed by atoms with Crippen molar-refractivity contribution >= 4 is 27.8 Å². The summed E-state index contributed by atoms with van der Waals surface area (Å²) < 4.78 is 118. The van der Waals surface area contributed by atoms with Crippen LogP contribution in [0.3, 0.4) is 0 Å². The summed E-state index contributed by atoms with van der Waals surface area (Å²) in [4.78, 5) is 1.20. The molecule has 1 heteroatoms. The number of fused-ring (bicyclic) bond motifs is 4. The second kappa shape index (κ2) is 13.7. The van der Waals surface area contributed by atoms with Gasteiger partial charge in [-0.05, 0) is 126 Å². The maximum Gasteiger partial charge on any atom is 0.0645 e. The molecule has 1 nitrogen and oxygen atoms in total. The standard InChI is InChI=1S/C55H41N/c1-55(2)53-21-9-8-18-51(53)52-20-11-19-50(54(52)55)42-28-34-49(35-29-42)56(47-30-24-40(25-31-47)38-12-4-3-5-13-38)48-32-26-41(27-33-48)44-16-10-17-45(36-44)46-23-22-39-14-6-7-15-43(39)37-46/h3-37H,1-2H3/i3D,4D,5D,12D,13D,24D,25D,26D,27D,30D,31D,32D,33D. The molecule has 0 aromatic heterocycles. The summed E-state index contributed by atoms with van der Waals surface area (Å²) >= 11 is 0. The summed E-state index contributed by atoms with van der Waals surface area (Å²) in [6.45, 7) is 4.36. The Bertz CT molecular complexity index is 3550. The lowest BCUT2D eigenvalue weighted by Crippen LogP contribution is -2.16. The Morgan fingerprint density at radius 2 is 0.911 bits per heavy atom. The van der Waals surface area contributed by atoms with E-state index in [-0.39, 0.29) is 22.4 Å². The predicted molar refractivity (Wildman–Crippen MR) is 238 cm³/mol. The molecule has 10 rings (SSSR count). The van der Waals surface area contributed by atoms with E-state index in [0.29, 0.717) is 5.56 Å². The van der Waals surface area contributed by atoms with E-state index in [2.05, 4.69) is 32.0 Å². The molecular formula is C55H41N. The first-order valence-corrected chi connectivity index (χ1v) is 18.5. The first kappa shape index (κ1) is 22.4. The molecule has 0 unspecified atom stereocenters. The van der Waals surface area contributed by atoms with Crippen LogP contribution < -0.4 is 4.90 Å². The van der Waals surface area contributed by atoms with E-state index in [4.69, 9.17) is 6.85 Å². The van der Waals surface area contributed by atoms with Gasteiger partial charge in [0.2, 0.25) is 0 Å². The summed E-state index contributed by atoms with van der Waals surface area (Å²) in [6, 6.07) is 34.4. The molecule has 0 fully saturated rings. The highest BCUT2D eigenvalue weighted by atomic mass is 15.1. The number of hydrogen-bond acceptors (Lipinski definition) is 1. The third-order valence-corrected chi connectivity index (χ3v) is 10.7. The van der Waals surface area contributed by atoms with Gasteiger partial charge in [-0.15, -0.1) is 0 Å². The van der Waals surface area contributed by atoms with Crippen LogP contribution in [-0.4, -0.2) is 0 Å². The molecule has 56 heavy (non-hydrogen) atoms. The molecule has 0 bridgehead atoms. The number of hydrogen-bond donors (Lipinski definition) is 0. The lowest BCUT2D eigenvalue weighted by Gasteiger charge is -2.27. The summed E-state index contributed by atoms with van der Waals surface area (Å²) in [5.74, 6) is 0. The molecule has 0 amide bonds. The molecule has 0 radical (unpaired) electrons. The third kappa shape index (κ3) is 5.90. The van der Waals surface area contributed by atoms with Crippen LogP contribution in [0.2, 0.25) is 0 Å². The van der Waals surface area contributed by atoms with Crippen molar-refractivity contribution < 1.29 is 17.8 Å². The van der Waals surface area contributed by atoms with Gasteiger partial charge in [0.05, 0.1) is 17.8 Å². The summed E-state index contributed by atoms with van der Waals surface area (Å²) in [7, 11) is 0. The van der Waals surface area contributed by atoms with Crippen LogP contribution in [0.4, 0.5) is 17.1 Å². The Kier molecular flexibility index (Phi) is 5.49. The van der Waals surface area contributed by atoms with Crippen molar-refractivity contribution in [1.82, 2.24) is 0 Å². The molecule has 9 aromatic rings. The van der Waals surface area contributed by atoms with Crippen LogP contribution in [0.5, 0.6) is 0 Å². The molecule has 0 aliphatic heterocycles. The van der Waals surface area contributed by atoms with Crippen LogP contribution >= 0.6 is 0 Å². The van der Waals surface area contributed by atoms with Gasteiger partial charge in [-0.3, -0.25) is 0 Å². The fraction of sp³-hybridized carbons (Fsp3) is 0.0545. The van der Waals surface area contributed by atoms with Crippen molar-refractivity contribution in [2.75, 3.05) is 4.90 Å². The Hall–Kier alpha value is -6.96. The van der Waals surface area contributed by atoms with Gasteiger partial charge >= 0.3 is 0 Å². The Balaban J connectivity index is 1.18. The molecule has 266 valence electrons. The molecule has 9 aromatic carbocycles. The largest absolute Gasteiger partial charge is 0.311 e. The monoisotopic (exact) mass is 728 g/mol. The van der Waals surface area contributed by atoms with E-state index in [9.17, 15) is 11.0 Å². The SMILES string of the molecule is [2H]c1c([2H])c([2H])c(-c2c([2H])c([2H])c(N(c3ccc(-c4cccc5c4C(C)(C)c4ccccc4-5)cc3)c3c([2H])c([2H])c(-c4cccc(-c5ccc6ccccc6c5)c4)c([2H])c3[2H])c([2H])c2[2H])c([2H])c1[2H]. The van der Waals surface area contributed by atoms with Crippen molar-refractivity contribution in [3.05, 3.63) is 223 Å². The topological polar surface area (TPSA) is 3.24 Å². The fourth-order valence-electron chi connectivity index (χ4n) is 7.95. The molecule has 0 N–H and O–H groups in total. The fourth-order valence-corrected chi connectivity index (χ4v) is 7.95. The molecular weight excluding hydrogens is 675 g/mol. The van der Waals surface area contributed by atoms with Crippen molar-refractivity contribution in [1.29, 1.82) is 0 Å². The molecule has 0 saturated heterocycles. The molecule has 0 heterocycles. The second-order valence-electron chi connectivity index (χ2n) is 14.4. The highest BCUT2D eigenvalue weighted by Crippen LogP contribution is 2.52. The predicted octanol–water partition coefficient (Wildman–Crippen LogP) is 15.3. The van der Waals surface area contributed by atoms with Crippen molar-refractivity contribution in [2.45, 2.75) is 19.3 Å². The van der Waals surface area contributed by atoms with E-state index in [0.717, 1.165) is 49.7 Å². The van der Waals surface area contributed by atoms with Gasteiger partial charge in [-0.1, -0.05) is 177 Å². The second-order valence-corrected chi connectivity index (χ2v) is 14.4. The zero-order chi connectivity index (χ0) is 49.0. The van der Waals surface area contributed by atoms with Crippen LogP contribution in [0.15, 0.2) is 212 Å². The van der Waals surface area contributed by atoms with E-state index in [1.807, 2.05) is 91.0 Å². The Morgan fingerprint density at radius 1 is 0.375 bits per heavy atom. The van der Waals surface area contributed by atoms with Gasteiger partial charge in [0.25, 0.3) is 0 Å². The smallest absolute Gasteiger partial charge is 0.0645 e. The Morgan fingerprint density at radius 3 is 1.64 bits per heavy atom. The van der Waals surface area contributed by atoms with E-state index in [1.165, 1.54) is 10.5 Å². The first-order chi connectivity index (χ1) is 32.9. The first-order valence-electron chi connectivity index (χ1n) is 25.0. The number of benzene rings is 9. The van der Waals surface area contributed by atoms with Gasteiger partial charge in [0, 0.05) is 22.5 Å². The zero-order valence-electron chi connectivity index (χ0n) is 43.6. The lowest BCUT2D eigenvalue weighted by atomic mass is 9.79. The van der Waals surface area contributed by atoms with E-state index < -0.39 is 95.4 Å². The highest BCUT2D eigenvalue weighted by Gasteiger charge is 2.37. The van der Waals surface area contributed by atoms with Crippen LogP contribution in [0.1, 0.15) is 42.8 Å². The third-order valence-electron chi connectivity index (χ3n) is 10.7. The number of anilines is 3. The minimum absolute atomic E-state index is 0.0179. The molecule has 0 saturated carbocycles. The molecule has 1 aliphatic carbocycles. The number of nitrogens with zero attached hydrogens (tertiary/aromatic N) is 1. The van der Waals surface area contributed by atoms with Crippen molar-refractivity contribution in [3.8, 4) is 55.6 Å². The van der Waals surface area contributed by atoms with Crippen LogP contribution in [-0.2, 0) is 5.41 Å². The average Bonchev–Trinajstić information content (AvgIpc) is 3.60. The van der Waals surface area contributed by atoms with Crippen LogP contribution in [0, 0.1) is 0 Å². The molecule has 1 aliphatic rings. The summed E-state index contributed by atoms with van der Waals surface area (Å²) in [5.41, 5.74) is 6.48. The van der Waals surface area contributed by atoms with Crippen molar-refractivity contribution in [2.24, 2.45) is 0 Å². The van der Waals surface area contributed by atoms with E-state index in [1.54, 1.807) is 24.3 Å². The maximum atomic E-state index is 9.62. The van der Waals surface area contributed by atoms with E-state index >= 15 is 0 Å². The zero-order valence-corrected chi connectivity index (χ0v) is 30.6. The van der Waals surface area contributed by atoms with Gasteiger partial charge in [0.15, 0.2) is 0 Å².